The average Bonchev–Trinajstić information content (AvgIpc) is 2.57. The molecule has 120 valence electrons. The number of hydrogen-bond donors (Lipinski definition) is 2. The van der Waals surface area contributed by atoms with E-state index in [4.69, 9.17) is 9.84 Å². The van der Waals surface area contributed by atoms with E-state index in [1.54, 1.807) is 24.3 Å². The van der Waals surface area contributed by atoms with Crippen LogP contribution in [0.1, 0.15) is 12.8 Å². The summed E-state index contributed by atoms with van der Waals surface area (Å²) in [4.78, 5) is 36.4. The lowest BCUT2D eigenvalue weighted by Crippen LogP contribution is -2.71. The molecule has 0 bridgehead atoms. The number of carbonyl (C=O) groups is 3. The number of ether oxygens (including phenoxy) is 1. The Kier molecular flexibility index (Phi) is 4.01. The van der Waals surface area contributed by atoms with Crippen molar-refractivity contribution in [2.75, 3.05) is 6.61 Å². The zero-order valence-corrected chi connectivity index (χ0v) is 12.3. The van der Waals surface area contributed by atoms with Gasteiger partial charge in [0.2, 0.25) is 0 Å². The minimum absolute atomic E-state index is 0.00251. The first kappa shape index (κ1) is 15.1. The molecule has 2 heterocycles. The fourth-order valence-electron chi connectivity index (χ4n) is 2.86. The average molecular weight is 316 g/mol. The molecule has 1 saturated heterocycles. The molecule has 1 aromatic rings. The quantitative estimate of drug-likeness (QED) is 0.772. The van der Waals surface area contributed by atoms with Crippen molar-refractivity contribution >= 4 is 17.8 Å². The standard InChI is InChI=1S/C16H16N2O5/c19-13(9-23-10-5-2-1-3-6-10)17-14-11-7-4-8-12(16(21)22)18(11)15(14)20/h1-3,5-6,8,11,14H,4,7,9H2,(H,17,19)(H,21,22)/t11-,14+/m0/s1. The molecule has 0 saturated carbocycles. The Hall–Kier alpha value is -2.83. The summed E-state index contributed by atoms with van der Waals surface area (Å²) in [5, 5.41) is 11.7. The molecule has 2 atom stereocenters. The maximum Gasteiger partial charge on any atom is 0.352 e. The number of carbonyl (C=O) groups excluding carboxylic acids is 2. The van der Waals surface area contributed by atoms with Crippen molar-refractivity contribution in [2.24, 2.45) is 0 Å². The SMILES string of the molecule is O=C(COc1ccccc1)N[C@H]1C(=O)N2C(C(=O)O)=CCC[C@@H]12. The molecular weight excluding hydrogens is 300 g/mol. The van der Waals surface area contributed by atoms with Crippen LogP contribution in [0.4, 0.5) is 0 Å². The van der Waals surface area contributed by atoms with Gasteiger partial charge < -0.3 is 15.2 Å². The molecular formula is C16H16N2O5. The number of hydrogen-bond acceptors (Lipinski definition) is 4. The van der Waals surface area contributed by atoms with E-state index >= 15 is 0 Å². The summed E-state index contributed by atoms with van der Waals surface area (Å²) in [6.45, 7) is -0.192. The molecule has 0 unspecified atom stereocenters. The van der Waals surface area contributed by atoms with E-state index in [1.807, 2.05) is 6.07 Å². The van der Waals surface area contributed by atoms with Crippen molar-refractivity contribution in [3.8, 4) is 5.75 Å². The van der Waals surface area contributed by atoms with Crippen LogP contribution >= 0.6 is 0 Å². The van der Waals surface area contributed by atoms with Gasteiger partial charge in [0.15, 0.2) is 6.61 Å². The minimum atomic E-state index is -1.12. The van der Waals surface area contributed by atoms with Gasteiger partial charge in [-0.25, -0.2) is 4.79 Å². The molecule has 1 fully saturated rings. The van der Waals surface area contributed by atoms with Crippen molar-refractivity contribution in [1.29, 1.82) is 0 Å². The van der Waals surface area contributed by atoms with Gasteiger partial charge in [0.05, 0.1) is 6.04 Å². The molecule has 2 N–H and O–H groups in total. The van der Waals surface area contributed by atoms with Crippen LogP contribution in [0.2, 0.25) is 0 Å². The monoisotopic (exact) mass is 316 g/mol. The Balaban J connectivity index is 1.55. The number of benzene rings is 1. The molecule has 0 aliphatic carbocycles. The number of aliphatic carboxylic acids is 1. The van der Waals surface area contributed by atoms with Gasteiger partial charge in [0, 0.05) is 0 Å². The molecule has 0 aromatic heterocycles. The van der Waals surface area contributed by atoms with E-state index in [9.17, 15) is 14.4 Å². The van der Waals surface area contributed by atoms with Crippen molar-refractivity contribution < 1.29 is 24.2 Å². The van der Waals surface area contributed by atoms with Crippen LogP contribution in [0, 0.1) is 0 Å². The van der Waals surface area contributed by atoms with E-state index in [-0.39, 0.29) is 18.3 Å². The van der Waals surface area contributed by atoms with Crippen LogP contribution in [-0.2, 0) is 14.4 Å². The summed E-state index contributed by atoms with van der Waals surface area (Å²) in [7, 11) is 0. The Bertz CT molecular complexity index is 670. The summed E-state index contributed by atoms with van der Waals surface area (Å²) >= 11 is 0. The van der Waals surface area contributed by atoms with Crippen LogP contribution in [0.25, 0.3) is 0 Å². The first-order chi connectivity index (χ1) is 11.1. The number of allylic oxidation sites excluding steroid dienone is 1. The normalized spacial score (nSPS) is 22.5. The lowest BCUT2D eigenvalue weighted by atomic mass is 9.86. The summed E-state index contributed by atoms with van der Waals surface area (Å²) in [5.41, 5.74) is -0.00251. The maximum absolute atomic E-state index is 12.1. The minimum Gasteiger partial charge on any atom is -0.484 e. The third kappa shape index (κ3) is 2.90. The van der Waals surface area contributed by atoms with E-state index in [2.05, 4.69) is 5.32 Å². The largest absolute Gasteiger partial charge is 0.484 e. The summed E-state index contributed by atoms with van der Waals surface area (Å²) in [6, 6.07) is 7.92. The second kappa shape index (κ2) is 6.12. The molecule has 23 heavy (non-hydrogen) atoms. The van der Waals surface area contributed by atoms with Gasteiger partial charge in [-0.3, -0.25) is 14.5 Å². The maximum atomic E-state index is 12.1. The first-order valence-electron chi connectivity index (χ1n) is 7.31. The van der Waals surface area contributed by atoms with E-state index in [0.29, 0.717) is 18.6 Å². The number of carboxylic acid groups (broad SMARTS) is 1. The Labute approximate surface area is 132 Å². The molecule has 7 heteroatoms. The molecule has 0 radical (unpaired) electrons. The number of nitrogens with one attached hydrogen (secondary N) is 1. The highest BCUT2D eigenvalue weighted by Crippen LogP contribution is 2.33. The van der Waals surface area contributed by atoms with Crippen molar-refractivity contribution in [3.05, 3.63) is 42.1 Å². The number of rotatable bonds is 5. The molecule has 1 aromatic carbocycles. The third-order valence-electron chi connectivity index (χ3n) is 3.93. The summed E-state index contributed by atoms with van der Waals surface area (Å²) in [5.74, 6) is -1.35. The molecule has 2 amide bonds. The van der Waals surface area contributed by atoms with Crippen LogP contribution in [-0.4, -0.2) is 46.5 Å². The number of para-hydroxylation sites is 1. The van der Waals surface area contributed by atoms with E-state index < -0.39 is 23.8 Å². The first-order valence-corrected chi connectivity index (χ1v) is 7.31. The number of nitrogens with zero attached hydrogens (tertiary/aromatic N) is 1. The van der Waals surface area contributed by atoms with Gasteiger partial charge in [0.25, 0.3) is 11.8 Å². The van der Waals surface area contributed by atoms with Crippen LogP contribution in [0.5, 0.6) is 5.75 Å². The second-order valence-electron chi connectivity index (χ2n) is 5.39. The van der Waals surface area contributed by atoms with Gasteiger partial charge in [-0.1, -0.05) is 24.3 Å². The van der Waals surface area contributed by atoms with Gasteiger partial charge >= 0.3 is 5.97 Å². The van der Waals surface area contributed by atoms with Crippen LogP contribution < -0.4 is 10.1 Å². The predicted molar refractivity (Wildman–Crippen MR) is 79.5 cm³/mol. The van der Waals surface area contributed by atoms with Gasteiger partial charge in [-0.15, -0.1) is 0 Å². The fourth-order valence-corrected chi connectivity index (χ4v) is 2.86. The van der Waals surface area contributed by atoms with Gasteiger partial charge in [-0.2, -0.15) is 0 Å². The topological polar surface area (TPSA) is 95.9 Å². The summed E-state index contributed by atoms with van der Waals surface area (Å²) in [6.07, 6.45) is 2.74. The highest BCUT2D eigenvalue weighted by Gasteiger charge is 2.51. The number of β-lactam (4-membered cyclic amide) rings is 1. The smallest absolute Gasteiger partial charge is 0.352 e. The van der Waals surface area contributed by atoms with E-state index in [1.165, 1.54) is 11.0 Å². The lowest BCUT2D eigenvalue weighted by molar-refractivity contribution is -0.155. The predicted octanol–water partition coefficient (Wildman–Crippen LogP) is 0.523. The van der Waals surface area contributed by atoms with E-state index in [0.717, 1.165) is 0 Å². The van der Waals surface area contributed by atoms with Crippen molar-refractivity contribution in [1.82, 2.24) is 10.2 Å². The zero-order chi connectivity index (χ0) is 16.4. The third-order valence-corrected chi connectivity index (χ3v) is 3.93. The number of amides is 2. The fraction of sp³-hybridized carbons (Fsp3) is 0.312. The number of fused-ring (bicyclic) bond motifs is 1. The van der Waals surface area contributed by atoms with Crippen LogP contribution in [0.3, 0.4) is 0 Å². The zero-order valence-electron chi connectivity index (χ0n) is 12.3. The number of carboxylic acids is 1. The second-order valence-corrected chi connectivity index (χ2v) is 5.39. The Morgan fingerprint density at radius 2 is 2.04 bits per heavy atom. The molecule has 3 rings (SSSR count). The molecule has 7 nitrogen and oxygen atoms in total. The van der Waals surface area contributed by atoms with Gasteiger partial charge in [0.1, 0.15) is 17.5 Å². The summed E-state index contributed by atoms with van der Waals surface area (Å²) < 4.78 is 5.33. The Morgan fingerprint density at radius 1 is 1.30 bits per heavy atom. The highest BCUT2D eigenvalue weighted by atomic mass is 16.5. The highest BCUT2D eigenvalue weighted by molar-refractivity contribution is 6.01. The molecule has 2 aliphatic heterocycles. The van der Waals surface area contributed by atoms with Gasteiger partial charge in [-0.05, 0) is 25.0 Å². The Morgan fingerprint density at radius 3 is 2.74 bits per heavy atom. The molecule has 0 spiro atoms. The van der Waals surface area contributed by atoms with Crippen LogP contribution in [0.15, 0.2) is 42.1 Å². The lowest BCUT2D eigenvalue weighted by Gasteiger charge is -2.49. The van der Waals surface area contributed by atoms with Crippen molar-refractivity contribution in [2.45, 2.75) is 24.9 Å². The molecule has 2 aliphatic rings. The van der Waals surface area contributed by atoms with Crippen molar-refractivity contribution in [3.63, 3.8) is 0 Å².